The van der Waals surface area contributed by atoms with E-state index in [9.17, 15) is 4.39 Å². The van der Waals surface area contributed by atoms with Gasteiger partial charge < -0.3 is 4.98 Å². The Balaban J connectivity index is 2.14. The average Bonchev–Trinajstić information content (AvgIpc) is 2.77. The minimum Gasteiger partial charge on any atom is -0.346 e. The molecule has 0 amide bonds. The number of benzene rings is 1. The van der Waals surface area contributed by atoms with Gasteiger partial charge in [-0.2, -0.15) is 0 Å². The summed E-state index contributed by atoms with van der Waals surface area (Å²) in [5, 5.41) is 1.06. The zero-order chi connectivity index (χ0) is 11.0. The van der Waals surface area contributed by atoms with Crippen molar-refractivity contribution in [3.05, 3.63) is 54.6 Å². The molecule has 0 bridgehead atoms. The molecule has 0 saturated carbocycles. The molecule has 0 fully saturated rings. The number of nitrogens with one attached hydrogen (secondary N) is 1. The third-order valence-corrected chi connectivity index (χ3v) is 2.58. The topological polar surface area (TPSA) is 28.7 Å². The summed E-state index contributed by atoms with van der Waals surface area (Å²) in [7, 11) is 0. The second-order valence-electron chi connectivity index (χ2n) is 3.65. The first-order valence-corrected chi connectivity index (χ1v) is 5.02. The van der Waals surface area contributed by atoms with Gasteiger partial charge in [0.2, 0.25) is 0 Å². The summed E-state index contributed by atoms with van der Waals surface area (Å²) in [5.41, 5.74) is 2.83. The lowest BCUT2D eigenvalue weighted by Gasteiger charge is -2.00. The highest BCUT2D eigenvalue weighted by atomic mass is 19.1. The molecule has 0 atom stereocenters. The van der Waals surface area contributed by atoms with Gasteiger partial charge in [-0.3, -0.25) is 0 Å². The molecule has 0 unspecified atom stereocenters. The first kappa shape index (κ1) is 9.09. The predicted octanol–water partition coefficient (Wildman–Crippen LogP) is 3.37. The number of aromatic nitrogens is 2. The van der Waals surface area contributed by atoms with E-state index in [0.29, 0.717) is 0 Å². The molecule has 2 nitrogen and oxygen atoms in total. The number of halogens is 1. The summed E-state index contributed by atoms with van der Waals surface area (Å²) >= 11 is 0. The van der Waals surface area contributed by atoms with E-state index in [0.717, 1.165) is 22.2 Å². The van der Waals surface area contributed by atoms with Crippen LogP contribution in [0.1, 0.15) is 0 Å². The van der Waals surface area contributed by atoms with Gasteiger partial charge in [-0.1, -0.05) is 12.1 Å². The molecule has 0 spiro atoms. The van der Waals surface area contributed by atoms with Crippen LogP contribution in [0, 0.1) is 5.82 Å². The highest BCUT2D eigenvalue weighted by Gasteiger charge is 2.01. The molecule has 0 aliphatic rings. The molecular formula is C13H9FN2. The SMILES string of the molecule is Fc1ccc(-c2cnc3[nH]ccc3c2)cc1. The minimum absolute atomic E-state index is 0.223. The second kappa shape index (κ2) is 3.45. The summed E-state index contributed by atoms with van der Waals surface area (Å²) in [6.07, 6.45) is 3.64. The van der Waals surface area contributed by atoms with Crippen molar-refractivity contribution in [2.45, 2.75) is 0 Å². The zero-order valence-electron chi connectivity index (χ0n) is 8.44. The van der Waals surface area contributed by atoms with Crippen LogP contribution in [0.25, 0.3) is 22.2 Å². The van der Waals surface area contributed by atoms with E-state index in [1.54, 1.807) is 18.3 Å². The molecule has 1 aromatic carbocycles. The maximum atomic E-state index is 12.8. The Morgan fingerprint density at radius 3 is 2.62 bits per heavy atom. The Bertz CT molecular complexity index is 626. The smallest absolute Gasteiger partial charge is 0.137 e. The maximum absolute atomic E-state index is 12.8. The number of hydrogen-bond donors (Lipinski definition) is 1. The quantitative estimate of drug-likeness (QED) is 0.658. The summed E-state index contributed by atoms with van der Waals surface area (Å²) in [6, 6.07) is 10.4. The van der Waals surface area contributed by atoms with E-state index < -0.39 is 0 Å². The second-order valence-corrected chi connectivity index (χ2v) is 3.65. The van der Waals surface area contributed by atoms with Crippen LogP contribution in [0.3, 0.4) is 0 Å². The summed E-state index contributed by atoms with van der Waals surface area (Å²) in [4.78, 5) is 7.33. The van der Waals surface area contributed by atoms with E-state index in [4.69, 9.17) is 0 Å². The Morgan fingerprint density at radius 1 is 1.00 bits per heavy atom. The normalized spacial score (nSPS) is 10.8. The lowest BCUT2D eigenvalue weighted by molar-refractivity contribution is 0.628. The number of nitrogens with zero attached hydrogens (tertiary/aromatic N) is 1. The van der Waals surface area contributed by atoms with Gasteiger partial charge in [-0.25, -0.2) is 9.37 Å². The van der Waals surface area contributed by atoms with E-state index in [1.165, 1.54) is 12.1 Å². The van der Waals surface area contributed by atoms with Crippen LogP contribution in [0.4, 0.5) is 4.39 Å². The number of fused-ring (bicyclic) bond motifs is 1. The van der Waals surface area contributed by atoms with Crippen LogP contribution in [0.15, 0.2) is 48.8 Å². The fourth-order valence-corrected chi connectivity index (χ4v) is 1.74. The average molecular weight is 212 g/mol. The van der Waals surface area contributed by atoms with Crippen LogP contribution in [-0.2, 0) is 0 Å². The van der Waals surface area contributed by atoms with Crippen LogP contribution in [0.2, 0.25) is 0 Å². The van der Waals surface area contributed by atoms with Crippen LogP contribution >= 0.6 is 0 Å². The summed E-state index contributed by atoms with van der Waals surface area (Å²) in [5.74, 6) is -0.223. The first-order valence-electron chi connectivity index (χ1n) is 5.02. The molecule has 0 saturated heterocycles. The van der Waals surface area contributed by atoms with Crippen molar-refractivity contribution in [3.8, 4) is 11.1 Å². The molecule has 2 aromatic heterocycles. The van der Waals surface area contributed by atoms with Crippen molar-refractivity contribution in [1.82, 2.24) is 9.97 Å². The van der Waals surface area contributed by atoms with Crippen molar-refractivity contribution in [3.63, 3.8) is 0 Å². The molecule has 3 heteroatoms. The molecule has 2 heterocycles. The molecule has 0 aliphatic carbocycles. The van der Waals surface area contributed by atoms with Crippen molar-refractivity contribution >= 4 is 11.0 Å². The lowest BCUT2D eigenvalue weighted by atomic mass is 10.1. The Hall–Kier alpha value is -2.16. The van der Waals surface area contributed by atoms with Gasteiger partial charge in [0.05, 0.1) is 0 Å². The summed E-state index contributed by atoms with van der Waals surface area (Å²) in [6.45, 7) is 0. The lowest BCUT2D eigenvalue weighted by Crippen LogP contribution is -1.82. The van der Waals surface area contributed by atoms with Gasteiger partial charge in [-0.15, -0.1) is 0 Å². The third kappa shape index (κ3) is 1.46. The van der Waals surface area contributed by atoms with E-state index in [-0.39, 0.29) is 5.82 Å². The number of aromatic amines is 1. The van der Waals surface area contributed by atoms with E-state index in [1.807, 2.05) is 18.3 Å². The van der Waals surface area contributed by atoms with Crippen molar-refractivity contribution in [2.75, 3.05) is 0 Å². The highest BCUT2D eigenvalue weighted by molar-refractivity contribution is 5.81. The van der Waals surface area contributed by atoms with Gasteiger partial charge in [0.25, 0.3) is 0 Å². The molecule has 3 rings (SSSR count). The number of hydrogen-bond acceptors (Lipinski definition) is 1. The minimum atomic E-state index is -0.223. The molecular weight excluding hydrogens is 203 g/mol. The molecule has 0 aliphatic heterocycles. The van der Waals surface area contributed by atoms with Crippen LogP contribution in [-0.4, -0.2) is 9.97 Å². The molecule has 3 aromatic rings. The highest BCUT2D eigenvalue weighted by Crippen LogP contribution is 2.22. The van der Waals surface area contributed by atoms with Gasteiger partial charge in [-0.05, 0) is 29.8 Å². The van der Waals surface area contributed by atoms with Crippen molar-refractivity contribution < 1.29 is 4.39 Å². The number of H-pyrrole nitrogens is 1. The first-order chi connectivity index (χ1) is 7.83. The van der Waals surface area contributed by atoms with Crippen molar-refractivity contribution in [2.24, 2.45) is 0 Å². The van der Waals surface area contributed by atoms with E-state index in [2.05, 4.69) is 9.97 Å². The van der Waals surface area contributed by atoms with E-state index >= 15 is 0 Å². The monoisotopic (exact) mass is 212 g/mol. The van der Waals surface area contributed by atoms with Crippen LogP contribution in [0.5, 0.6) is 0 Å². The fraction of sp³-hybridized carbons (Fsp3) is 0. The van der Waals surface area contributed by atoms with Crippen molar-refractivity contribution in [1.29, 1.82) is 0 Å². The molecule has 78 valence electrons. The molecule has 16 heavy (non-hydrogen) atoms. The largest absolute Gasteiger partial charge is 0.346 e. The van der Waals surface area contributed by atoms with Gasteiger partial charge in [0, 0.05) is 23.3 Å². The van der Waals surface area contributed by atoms with Crippen LogP contribution < -0.4 is 0 Å². The summed E-state index contributed by atoms with van der Waals surface area (Å²) < 4.78 is 12.8. The molecule has 0 radical (unpaired) electrons. The standard InChI is InChI=1S/C13H9FN2/c14-12-3-1-9(2-4-12)11-7-10-5-6-15-13(10)16-8-11/h1-8H,(H,15,16). The molecule has 1 N–H and O–H groups in total. The fourth-order valence-electron chi connectivity index (χ4n) is 1.74. The number of pyridine rings is 1. The predicted molar refractivity (Wildman–Crippen MR) is 61.5 cm³/mol. The van der Waals surface area contributed by atoms with Gasteiger partial charge in [0.15, 0.2) is 0 Å². The Kier molecular flexibility index (Phi) is 1.96. The Labute approximate surface area is 91.8 Å². The third-order valence-electron chi connectivity index (χ3n) is 2.58. The van der Waals surface area contributed by atoms with Gasteiger partial charge in [0.1, 0.15) is 11.5 Å². The number of rotatable bonds is 1. The zero-order valence-corrected chi connectivity index (χ0v) is 8.44. The Morgan fingerprint density at radius 2 is 1.81 bits per heavy atom. The van der Waals surface area contributed by atoms with Gasteiger partial charge >= 0.3 is 0 Å². The maximum Gasteiger partial charge on any atom is 0.137 e.